The molecule has 0 N–H and O–H groups in total. The van der Waals surface area contributed by atoms with Gasteiger partial charge in [0.1, 0.15) is 23.5 Å². The van der Waals surface area contributed by atoms with E-state index >= 15 is 0 Å². The fourth-order valence-electron chi connectivity index (χ4n) is 3.71. The minimum atomic E-state index is -3.70. The summed E-state index contributed by atoms with van der Waals surface area (Å²) >= 11 is 0. The summed E-state index contributed by atoms with van der Waals surface area (Å²) in [5.41, 5.74) is 2.07. The van der Waals surface area contributed by atoms with Gasteiger partial charge in [-0.1, -0.05) is 18.2 Å². The van der Waals surface area contributed by atoms with Crippen molar-refractivity contribution in [1.82, 2.24) is 9.29 Å². The topological polar surface area (TPSA) is 62.7 Å². The smallest absolute Gasteiger partial charge is 0.243 e. The predicted octanol–water partition coefficient (Wildman–Crippen LogP) is 4.19. The second-order valence-corrected chi connectivity index (χ2v) is 9.94. The zero-order chi connectivity index (χ0) is 22.7. The third-order valence-electron chi connectivity index (χ3n) is 5.53. The highest BCUT2D eigenvalue weighted by molar-refractivity contribution is 7.89. The van der Waals surface area contributed by atoms with E-state index < -0.39 is 15.8 Å². The average molecular weight is 456 g/mol. The number of hydrogen-bond donors (Lipinski definition) is 0. The van der Waals surface area contributed by atoms with Crippen LogP contribution in [0, 0.1) is 5.82 Å². The molecule has 0 saturated carbocycles. The Kier molecular flexibility index (Phi) is 6.43. The number of piperidine rings is 1. The Balaban J connectivity index is 1.35. The first-order valence-electron chi connectivity index (χ1n) is 10.5. The summed E-state index contributed by atoms with van der Waals surface area (Å²) in [6, 6.07) is 17.0. The van der Waals surface area contributed by atoms with Crippen molar-refractivity contribution in [2.75, 3.05) is 32.1 Å². The van der Waals surface area contributed by atoms with Gasteiger partial charge in [0.25, 0.3) is 0 Å². The molecule has 0 bridgehead atoms. The van der Waals surface area contributed by atoms with E-state index in [1.165, 1.54) is 22.5 Å². The molecule has 1 fully saturated rings. The molecule has 8 heteroatoms. The molecule has 2 heterocycles. The minimum Gasteiger partial charge on any atom is -0.490 e. The monoisotopic (exact) mass is 455 g/mol. The molecule has 0 unspecified atom stereocenters. The highest BCUT2D eigenvalue weighted by atomic mass is 32.2. The van der Waals surface area contributed by atoms with Crippen LogP contribution >= 0.6 is 0 Å². The maximum absolute atomic E-state index is 13.4. The summed E-state index contributed by atoms with van der Waals surface area (Å²) in [6.45, 7) is 0.678. The zero-order valence-electron chi connectivity index (χ0n) is 18.1. The third kappa shape index (κ3) is 4.92. The highest BCUT2D eigenvalue weighted by Gasteiger charge is 2.30. The number of aromatic nitrogens is 1. The lowest BCUT2D eigenvalue weighted by atomic mass is 10.1. The van der Waals surface area contributed by atoms with Crippen molar-refractivity contribution in [2.45, 2.75) is 23.8 Å². The van der Waals surface area contributed by atoms with Gasteiger partial charge in [0.2, 0.25) is 10.0 Å². The predicted molar refractivity (Wildman–Crippen MR) is 123 cm³/mol. The number of halogens is 1. The van der Waals surface area contributed by atoms with E-state index in [9.17, 15) is 12.8 Å². The summed E-state index contributed by atoms with van der Waals surface area (Å²) in [6.07, 6.45) is 2.93. The van der Waals surface area contributed by atoms with Gasteiger partial charge < -0.3 is 9.64 Å². The normalized spacial score (nSPS) is 15.5. The average Bonchev–Trinajstić information content (AvgIpc) is 2.80. The maximum Gasteiger partial charge on any atom is 0.243 e. The van der Waals surface area contributed by atoms with E-state index in [4.69, 9.17) is 4.74 Å². The Hall–Kier alpha value is -2.97. The van der Waals surface area contributed by atoms with E-state index in [-0.39, 0.29) is 11.0 Å². The molecule has 3 aromatic rings. The zero-order valence-corrected chi connectivity index (χ0v) is 18.9. The molecular formula is C24H26FN3O3S. The van der Waals surface area contributed by atoms with Crippen LogP contribution in [0.5, 0.6) is 5.75 Å². The van der Waals surface area contributed by atoms with Gasteiger partial charge in [-0.3, -0.25) is 0 Å². The second kappa shape index (κ2) is 9.26. The van der Waals surface area contributed by atoms with E-state index in [1.807, 2.05) is 61.6 Å². The highest BCUT2D eigenvalue weighted by Crippen LogP contribution is 2.27. The van der Waals surface area contributed by atoms with Gasteiger partial charge in [-0.2, -0.15) is 4.31 Å². The van der Waals surface area contributed by atoms with Crippen LogP contribution in [-0.4, -0.2) is 51.0 Å². The van der Waals surface area contributed by atoms with Gasteiger partial charge in [-0.05, 0) is 60.9 Å². The van der Waals surface area contributed by atoms with Crippen LogP contribution in [0.2, 0.25) is 0 Å². The van der Waals surface area contributed by atoms with Gasteiger partial charge in [0.15, 0.2) is 0 Å². The molecule has 0 atom stereocenters. The van der Waals surface area contributed by atoms with E-state index in [1.54, 1.807) is 0 Å². The van der Waals surface area contributed by atoms with Crippen LogP contribution in [0.15, 0.2) is 71.8 Å². The molecule has 0 radical (unpaired) electrons. The van der Waals surface area contributed by atoms with Gasteiger partial charge in [0, 0.05) is 38.9 Å². The first kappa shape index (κ1) is 22.2. The Labute approximate surface area is 188 Å². The number of nitrogens with zero attached hydrogens (tertiary/aromatic N) is 3. The van der Waals surface area contributed by atoms with Crippen molar-refractivity contribution in [3.63, 3.8) is 0 Å². The lowest BCUT2D eigenvalue weighted by molar-refractivity contribution is 0.135. The van der Waals surface area contributed by atoms with Crippen LogP contribution in [0.1, 0.15) is 12.8 Å². The first-order chi connectivity index (χ1) is 15.3. The van der Waals surface area contributed by atoms with E-state index in [0.717, 1.165) is 28.8 Å². The fourth-order valence-corrected chi connectivity index (χ4v) is 5.21. The van der Waals surface area contributed by atoms with Crippen molar-refractivity contribution in [2.24, 2.45) is 0 Å². The van der Waals surface area contributed by atoms with Crippen LogP contribution in [0.25, 0.3) is 11.1 Å². The largest absolute Gasteiger partial charge is 0.490 e. The SMILES string of the molecule is CN(C)c1ccc(-c2ccc(OC3CCN(S(=O)(=O)c4cccc(F)c4)CC3)cc2)cn1. The molecule has 0 amide bonds. The lowest BCUT2D eigenvalue weighted by Crippen LogP contribution is -2.41. The standard InChI is InChI=1S/C24H26FN3O3S/c1-27(2)24-11-8-19(17-26-24)18-6-9-21(10-7-18)31-22-12-14-28(15-13-22)32(29,30)23-5-3-4-20(25)16-23/h3-11,16-17,22H,12-15H2,1-2H3. The molecule has 4 rings (SSSR count). The summed E-state index contributed by atoms with van der Waals surface area (Å²) in [5, 5.41) is 0. The van der Waals surface area contributed by atoms with Crippen LogP contribution in [0.3, 0.4) is 0 Å². The Morgan fingerprint density at radius 2 is 1.69 bits per heavy atom. The fraction of sp³-hybridized carbons (Fsp3) is 0.292. The molecular weight excluding hydrogens is 429 g/mol. The minimum absolute atomic E-state index is 0.0134. The molecule has 1 aromatic heterocycles. The van der Waals surface area contributed by atoms with Gasteiger partial charge in [-0.25, -0.2) is 17.8 Å². The molecule has 6 nitrogen and oxygen atoms in total. The summed E-state index contributed by atoms with van der Waals surface area (Å²) in [5.74, 6) is 1.09. The van der Waals surface area contributed by atoms with Crippen molar-refractivity contribution >= 4 is 15.8 Å². The Bertz CT molecular complexity index is 1160. The molecule has 1 aliphatic rings. The van der Waals surface area contributed by atoms with Crippen LogP contribution in [0.4, 0.5) is 10.2 Å². The third-order valence-corrected chi connectivity index (χ3v) is 7.43. The summed E-state index contributed by atoms with van der Waals surface area (Å²) < 4.78 is 46.4. The van der Waals surface area contributed by atoms with Crippen LogP contribution in [-0.2, 0) is 10.0 Å². The van der Waals surface area contributed by atoms with E-state index in [2.05, 4.69) is 4.98 Å². The molecule has 0 spiro atoms. The van der Waals surface area contributed by atoms with Crippen molar-refractivity contribution in [3.05, 3.63) is 72.7 Å². The lowest BCUT2D eigenvalue weighted by Gasteiger charge is -2.31. The number of hydrogen-bond acceptors (Lipinski definition) is 5. The van der Waals surface area contributed by atoms with E-state index in [0.29, 0.717) is 25.9 Å². The van der Waals surface area contributed by atoms with Gasteiger partial charge >= 0.3 is 0 Å². The number of pyridine rings is 1. The van der Waals surface area contributed by atoms with Crippen LogP contribution < -0.4 is 9.64 Å². The molecule has 0 aliphatic carbocycles. The first-order valence-corrected chi connectivity index (χ1v) is 11.9. The summed E-state index contributed by atoms with van der Waals surface area (Å²) in [7, 11) is 0.211. The summed E-state index contributed by atoms with van der Waals surface area (Å²) in [4.78, 5) is 6.38. The number of sulfonamides is 1. The van der Waals surface area contributed by atoms with Gasteiger partial charge in [-0.15, -0.1) is 0 Å². The number of ether oxygens (including phenoxy) is 1. The number of anilines is 1. The molecule has 32 heavy (non-hydrogen) atoms. The molecule has 2 aromatic carbocycles. The Morgan fingerprint density at radius 3 is 2.28 bits per heavy atom. The quantitative estimate of drug-likeness (QED) is 0.558. The molecule has 1 saturated heterocycles. The number of rotatable bonds is 6. The van der Waals surface area contributed by atoms with Crippen molar-refractivity contribution in [3.8, 4) is 16.9 Å². The Morgan fingerprint density at radius 1 is 1.00 bits per heavy atom. The number of benzene rings is 2. The maximum atomic E-state index is 13.4. The van der Waals surface area contributed by atoms with Crippen molar-refractivity contribution in [1.29, 1.82) is 0 Å². The second-order valence-electron chi connectivity index (χ2n) is 8.00. The molecule has 168 valence electrons. The van der Waals surface area contributed by atoms with Gasteiger partial charge in [0.05, 0.1) is 4.90 Å². The van der Waals surface area contributed by atoms with Crippen molar-refractivity contribution < 1.29 is 17.5 Å². The molecule has 1 aliphatic heterocycles.